The molecule has 1 aliphatic rings. The molecule has 1 saturated heterocycles. The van der Waals surface area contributed by atoms with Gasteiger partial charge in [0.2, 0.25) is 0 Å². The molecule has 0 unspecified atom stereocenters. The van der Waals surface area contributed by atoms with Crippen molar-refractivity contribution in [2.24, 2.45) is 0 Å². The van der Waals surface area contributed by atoms with Crippen LogP contribution in [0.2, 0.25) is 0 Å². The second-order valence-corrected chi connectivity index (χ2v) is 8.38. The number of piperazine rings is 1. The van der Waals surface area contributed by atoms with Crippen molar-refractivity contribution in [1.29, 1.82) is 0 Å². The summed E-state index contributed by atoms with van der Waals surface area (Å²) in [4.78, 5) is 14.1. The Kier molecular flexibility index (Phi) is 4.54. The van der Waals surface area contributed by atoms with E-state index in [4.69, 9.17) is 9.97 Å². The maximum Gasteiger partial charge on any atom is 0.160 e. The Morgan fingerprint density at radius 1 is 0.742 bits per heavy atom. The Hall–Kier alpha value is -3.44. The first kappa shape index (κ1) is 18.3. The molecule has 0 atom stereocenters. The zero-order chi connectivity index (χ0) is 20.6. The second kappa shape index (κ2) is 7.67. The lowest BCUT2D eigenvalue weighted by Crippen LogP contribution is -3.15. The van der Waals surface area contributed by atoms with Crippen molar-refractivity contribution in [3.8, 4) is 0 Å². The summed E-state index contributed by atoms with van der Waals surface area (Å²) < 4.78 is 2.38. The van der Waals surface area contributed by atoms with E-state index in [1.165, 1.54) is 29.7 Å². The van der Waals surface area contributed by atoms with Crippen molar-refractivity contribution in [3.05, 3.63) is 78.9 Å². The number of anilines is 1. The zero-order valence-corrected chi connectivity index (χ0v) is 17.5. The van der Waals surface area contributed by atoms with Gasteiger partial charge in [0.25, 0.3) is 0 Å². The summed E-state index contributed by atoms with van der Waals surface area (Å²) in [6.45, 7) is 6.61. The SMILES string of the molecule is c1ccc(N2CC[NH+](CCn3c4ccccc4c4nc5ccccc5nc43)CC2)cc1. The first-order chi connectivity index (χ1) is 15.4. The molecule has 1 N–H and O–H groups in total. The number of nitrogens with zero attached hydrogens (tertiary/aromatic N) is 4. The van der Waals surface area contributed by atoms with Gasteiger partial charge >= 0.3 is 0 Å². The lowest BCUT2D eigenvalue weighted by molar-refractivity contribution is -0.901. The van der Waals surface area contributed by atoms with Crippen molar-refractivity contribution in [2.45, 2.75) is 6.54 Å². The van der Waals surface area contributed by atoms with E-state index in [0.29, 0.717) is 0 Å². The Morgan fingerprint density at radius 2 is 1.42 bits per heavy atom. The fourth-order valence-electron chi connectivity index (χ4n) is 4.85. The molecule has 0 spiro atoms. The van der Waals surface area contributed by atoms with Gasteiger partial charge in [-0.25, -0.2) is 9.97 Å². The van der Waals surface area contributed by atoms with Gasteiger partial charge in [-0.1, -0.05) is 48.5 Å². The predicted octanol–water partition coefficient (Wildman–Crippen LogP) is 3.14. The summed E-state index contributed by atoms with van der Waals surface area (Å²) in [6.07, 6.45) is 0. The Labute approximate surface area is 181 Å². The third kappa shape index (κ3) is 3.31. The summed E-state index contributed by atoms with van der Waals surface area (Å²) in [5, 5.41) is 1.19. The molecule has 1 fully saturated rings. The normalized spacial score (nSPS) is 15.3. The van der Waals surface area contributed by atoms with Crippen molar-refractivity contribution < 1.29 is 4.90 Å². The molecular weight excluding hydrogens is 382 g/mol. The molecule has 0 bridgehead atoms. The lowest BCUT2D eigenvalue weighted by atomic mass is 10.2. The fraction of sp³-hybridized carbons (Fsp3) is 0.231. The molecule has 0 radical (unpaired) electrons. The second-order valence-electron chi connectivity index (χ2n) is 8.38. The van der Waals surface area contributed by atoms with Crippen LogP contribution in [0.25, 0.3) is 33.1 Å². The lowest BCUT2D eigenvalue weighted by Gasteiger charge is -2.33. The average molecular weight is 409 g/mol. The predicted molar refractivity (Wildman–Crippen MR) is 127 cm³/mol. The summed E-state index contributed by atoms with van der Waals surface area (Å²) in [5.74, 6) is 0. The largest absolute Gasteiger partial charge is 0.360 e. The minimum absolute atomic E-state index is 0.956. The molecule has 154 valence electrons. The Morgan fingerprint density at radius 3 is 2.23 bits per heavy atom. The number of hydrogen-bond donors (Lipinski definition) is 1. The van der Waals surface area contributed by atoms with Crippen molar-refractivity contribution >= 4 is 38.8 Å². The van der Waals surface area contributed by atoms with Gasteiger partial charge in [0, 0.05) is 11.1 Å². The third-order valence-electron chi connectivity index (χ3n) is 6.54. The Bertz CT molecular complexity index is 1350. The molecule has 0 saturated carbocycles. The standard InChI is InChI=1S/C26H25N5/c1-2-8-20(9-3-1)30-17-14-29(15-18-30)16-19-31-24-13-7-4-10-21(24)25-26(31)28-23-12-6-5-11-22(23)27-25/h1-13H,14-19H2/p+1. The van der Waals surface area contributed by atoms with Gasteiger partial charge in [-0.05, 0) is 30.3 Å². The summed E-state index contributed by atoms with van der Waals surface area (Å²) in [6, 6.07) is 27.5. The molecule has 0 aliphatic carbocycles. The first-order valence-electron chi connectivity index (χ1n) is 11.1. The quantitative estimate of drug-likeness (QED) is 0.497. The molecule has 3 aromatic carbocycles. The number of quaternary nitrogens is 1. The maximum absolute atomic E-state index is 5.01. The van der Waals surface area contributed by atoms with Crippen molar-refractivity contribution in [2.75, 3.05) is 37.6 Å². The molecule has 0 amide bonds. The van der Waals surface area contributed by atoms with E-state index >= 15 is 0 Å². The summed E-state index contributed by atoms with van der Waals surface area (Å²) >= 11 is 0. The van der Waals surface area contributed by atoms with Crippen molar-refractivity contribution in [1.82, 2.24) is 14.5 Å². The van der Waals surface area contributed by atoms with Crippen LogP contribution in [-0.2, 0) is 6.54 Å². The van der Waals surface area contributed by atoms with Crippen LogP contribution < -0.4 is 9.80 Å². The van der Waals surface area contributed by atoms with E-state index in [2.05, 4.69) is 70.1 Å². The minimum Gasteiger partial charge on any atom is -0.360 e. The van der Waals surface area contributed by atoms with E-state index in [1.807, 2.05) is 18.2 Å². The molecule has 6 rings (SSSR count). The van der Waals surface area contributed by atoms with Gasteiger partial charge in [-0.15, -0.1) is 0 Å². The molecule has 1 aliphatic heterocycles. The van der Waals surface area contributed by atoms with Crippen LogP contribution in [0.15, 0.2) is 78.9 Å². The van der Waals surface area contributed by atoms with Crippen LogP contribution in [0.1, 0.15) is 0 Å². The third-order valence-corrected chi connectivity index (χ3v) is 6.54. The minimum atomic E-state index is 0.956. The number of para-hydroxylation sites is 4. The average Bonchev–Trinajstić information content (AvgIpc) is 3.15. The number of fused-ring (bicyclic) bond motifs is 4. The zero-order valence-electron chi connectivity index (χ0n) is 17.5. The molecule has 5 aromatic rings. The number of hydrogen-bond acceptors (Lipinski definition) is 3. The highest BCUT2D eigenvalue weighted by Crippen LogP contribution is 2.27. The van der Waals surface area contributed by atoms with E-state index < -0.39 is 0 Å². The number of nitrogens with one attached hydrogen (secondary N) is 1. The van der Waals surface area contributed by atoms with Gasteiger partial charge in [-0.2, -0.15) is 0 Å². The molecule has 5 heteroatoms. The molecule has 3 heterocycles. The smallest absolute Gasteiger partial charge is 0.160 e. The first-order valence-corrected chi connectivity index (χ1v) is 11.1. The van der Waals surface area contributed by atoms with Gasteiger partial charge in [-0.3, -0.25) is 0 Å². The molecule has 2 aromatic heterocycles. The number of rotatable bonds is 4. The van der Waals surface area contributed by atoms with Gasteiger partial charge in [0.15, 0.2) is 5.65 Å². The van der Waals surface area contributed by atoms with Gasteiger partial charge < -0.3 is 14.4 Å². The van der Waals surface area contributed by atoms with Crippen LogP contribution in [0.5, 0.6) is 0 Å². The van der Waals surface area contributed by atoms with Crippen LogP contribution in [0.4, 0.5) is 5.69 Å². The van der Waals surface area contributed by atoms with E-state index in [0.717, 1.165) is 48.4 Å². The fourth-order valence-corrected chi connectivity index (χ4v) is 4.85. The van der Waals surface area contributed by atoms with E-state index in [1.54, 1.807) is 4.90 Å². The molecular formula is C26H26N5+. The Balaban J connectivity index is 1.27. The maximum atomic E-state index is 5.01. The summed E-state index contributed by atoms with van der Waals surface area (Å²) in [5.41, 5.74) is 6.50. The highest BCUT2D eigenvalue weighted by atomic mass is 15.3. The van der Waals surface area contributed by atoms with Crippen LogP contribution in [0.3, 0.4) is 0 Å². The highest BCUT2D eigenvalue weighted by molar-refractivity contribution is 6.06. The van der Waals surface area contributed by atoms with Crippen LogP contribution >= 0.6 is 0 Å². The topological polar surface area (TPSA) is 38.4 Å². The monoisotopic (exact) mass is 408 g/mol. The van der Waals surface area contributed by atoms with Gasteiger partial charge in [0.05, 0.1) is 55.8 Å². The highest BCUT2D eigenvalue weighted by Gasteiger charge is 2.21. The van der Waals surface area contributed by atoms with Crippen LogP contribution in [0, 0.1) is 0 Å². The van der Waals surface area contributed by atoms with Crippen LogP contribution in [-0.4, -0.2) is 47.3 Å². The van der Waals surface area contributed by atoms with Gasteiger partial charge in [0.1, 0.15) is 5.52 Å². The summed E-state index contributed by atoms with van der Waals surface area (Å²) in [7, 11) is 0. The van der Waals surface area contributed by atoms with E-state index in [9.17, 15) is 0 Å². The molecule has 31 heavy (non-hydrogen) atoms. The number of aromatic nitrogens is 3. The van der Waals surface area contributed by atoms with E-state index in [-0.39, 0.29) is 0 Å². The molecule has 5 nitrogen and oxygen atoms in total. The van der Waals surface area contributed by atoms with Crippen molar-refractivity contribution in [3.63, 3.8) is 0 Å². The number of benzene rings is 3.